The minimum atomic E-state index is -0.164. The molecule has 1 fully saturated rings. The lowest BCUT2D eigenvalue weighted by Gasteiger charge is -2.33. The van der Waals surface area contributed by atoms with Gasteiger partial charge in [0.2, 0.25) is 0 Å². The summed E-state index contributed by atoms with van der Waals surface area (Å²) in [6.45, 7) is 8.69. The molecule has 2 rings (SSSR count). The maximum atomic E-state index is 11.9. The van der Waals surface area contributed by atoms with Crippen LogP contribution < -0.4 is 10.6 Å². The molecule has 1 aromatic rings. The zero-order valence-electron chi connectivity index (χ0n) is 14.6. The molecule has 6 heteroatoms. The minimum absolute atomic E-state index is 0.164. The highest BCUT2D eigenvalue weighted by molar-refractivity contribution is 5.73. The van der Waals surface area contributed by atoms with E-state index >= 15 is 0 Å². The van der Waals surface area contributed by atoms with Crippen LogP contribution in [0.2, 0.25) is 0 Å². The molecule has 2 amide bonds. The van der Waals surface area contributed by atoms with Crippen molar-refractivity contribution in [2.24, 2.45) is 5.92 Å². The van der Waals surface area contributed by atoms with Gasteiger partial charge in [0.25, 0.3) is 0 Å². The summed E-state index contributed by atoms with van der Waals surface area (Å²) in [6, 6.07) is 9.20. The number of likely N-dealkylation sites (N-methyl/N-ethyl adjacent to an activating group) is 1. The van der Waals surface area contributed by atoms with Gasteiger partial charge in [0, 0.05) is 45.8 Å². The molecule has 0 bridgehead atoms. The zero-order chi connectivity index (χ0) is 17.4. The van der Waals surface area contributed by atoms with E-state index in [0.29, 0.717) is 24.6 Å². The van der Waals surface area contributed by atoms with E-state index in [0.717, 1.165) is 38.3 Å². The number of carbonyl (C=O) groups is 1. The summed E-state index contributed by atoms with van der Waals surface area (Å²) in [5.74, 6) is 0.418. The fraction of sp³-hybridized carbons (Fsp3) is 0.556. The Labute approximate surface area is 144 Å². The van der Waals surface area contributed by atoms with Crippen LogP contribution in [0.5, 0.6) is 0 Å². The molecule has 24 heavy (non-hydrogen) atoms. The number of nitrogens with zero attached hydrogens (tertiary/aromatic N) is 3. The molecule has 0 spiro atoms. The molecular weight excluding hydrogens is 302 g/mol. The quantitative estimate of drug-likeness (QED) is 0.824. The van der Waals surface area contributed by atoms with E-state index in [2.05, 4.69) is 40.5 Å². The Morgan fingerprint density at radius 3 is 2.75 bits per heavy atom. The van der Waals surface area contributed by atoms with Crippen molar-refractivity contribution < 1.29 is 4.79 Å². The smallest absolute Gasteiger partial charge is 0.315 e. The maximum Gasteiger partial charge on any atom is 0.315 e. The first-order chi connectivity index (χ1) is 11.6. The fourth-order valence-electron chi connectivity index (χ4n) is 2.80. The van der Waals surface area contributed by atoms with Crippen molar-refractivity contribution in [3.63, 3.8) is 0 Å². The van der Waals surface area contributed by atoms with Crippen LogP contribution >= 0.6 is 0 Å². The van der Waals surface area contributed by atoms with Gasteiger partial charge in [0.1, 0.15) is 0 Å². The van der Waals surface area contributed by atoms with Crippen molar-refractivity contribution in [3.8, 4) is 6.07 Å². The summed E-state index contributed by atoms with van der Waals surface area (Å²) in [7, 11) is 2.15. The number of carbonyl (C=O) groups excluding carboxylic acids is 1. The highest BCUT2D eigenvalue weighted by Gasteiger charge is 2.16. The van der Waals surface area contributed by atoms with E-state index in [1.807, 2.05) is 12.1 Å². The van der Waals surface area contributed by atoms with Crippen LogP contribution in [0.1, 0.15) is 18.1 Å². The van der Waals surface area contributed by atoms with Crippen molar-refractivity contribution in [1.82, 2.24) is 20.4 Å². The van der Waals surface area contributed by atoms with Gasteiger partial charge in [-0.2, -0.15) is 5.26 Å². The van der Waals surface area contributed by atoms with E-state index in [9.17, 15) is 4.79 Å². The first-order valence-corrected chi connectivity index (χ1v) is 8.48. The number of hydrogen-bond acceptors (Lipinski definition) is 4. The largest absolute Gasteiger partial charge is 0.338 e. The lowest BCUT2D eigenvalue weighted by molar-refractivity contribution is 0.138. The molecule has 0 radical (unpaired) electrons. The molecule has 1 aliphatic heterocycles. The number of amides is 2. The molecular formula is C18H27N5O. The van der Waals surface area contributed by atoms with Gasteiger partial charge in [-0.1, -0.05) is 19.1 Å². The molecule has 0 saturated carbocycles. The lowest BCUT2D eigenvalue weighted by atomic mass is 10.1. The average molecular weight is 329 g/mol. The highest BCUT2D eigenvalue weighted by atomic mass is 16.2. The number of piperazine rings is 1. The van der Waals surface area contributed by atoms with Crippen molar-refractivity contribution in [2.75, 3.05) is 46.3 Å². The monoisotopic (exact) mass is 329 g/mol. The van der Waals surface area contributed by atoms with Gasteiger partial charge in [-0.3, -0.25) is 0 Å². The molecule has 1 aliphatic rings. The first kappa shape index (κ1) is 18.2. The Hall–Kier alpha value is -2.10. The van der Waals surface area contributed by atoms with E-state index in [4.69, 9.17) is 5.26 Å². The third kappa shape index (κ3) is 6.19. The minimum Gasteiger partial charge on any atom is -0.338 e. The Morgan fingerprint density at radius 1 is 1.29 bits per heavy atom. The predicted molar refractivity (Wildman–Crippen MR) is 94.5 cm³/mol. The van der Waals surface area contributed by atoms with Crippen LogP contribution in [-0.2, 0) is 6.54 Å². The Bertz CT molecular complexity index is 575. The molecule has 1 heterocycles. The molecule has 0 aliphatic carbocycles. The standard InChI is InChI=1S/C18H27N5O/c1-15(14-23-8-6-22(2)7-9-23)12-20-18(24)21-13-17-5-3-4-16(10-17)11-19/h3-5,10,15H,6-9,12-14H2,1-2H3,(H2,20,21,24). The summed E-state index contributed by atoms with van der Waals surface area (Å²) in [5.41, 5.74) is 1.53. The van der Waals surface area contributed by atoms with Gasteiger partial charge in [-0.05, 0) is 30.7 Å². The molecule has 1 unspecified atom stereocenters. The van der Waals surface area contributed by atoms with E-state index in [1.54, 1.807) is 12.1 Å². The summed E-state index contributed by atoms with van der Waals surface area (Å²) < 4.78 is 0. The molecule has 0 aromatic heterocycles. The van der Waals surface area contributed by atoms with Gasteiger partial charge in [0.15, 0.2) is 0 Å². The van der Waals surface area contributed by atoms with Gasteiger partial charge in [-0.15, -0.1) is 0 Å². The van der Waals surface area contributed by atoms with Crippen molar-refractivity contribution in [2.45, 2.75) is 13.5 Å². The van der Waals surface area contributed by atoms with Gasteiger partial charge >= 0.3 is 6.03 Å². The van der Waals surface area contributed by atoms with Gasteiger partial charge in [0.05, 0.1) is 11.6 Å². The van der Waals surface area contributed by atoms with Gasteiger partial charge < -0.3 is 20.4 Å². The van der Waals surface area contributed by atoms with Crippen LogP contribution in [0, 0.1) is 17.2 Å². The maximum absolute atomic E-state index is 11.9. The van der Waals surface area contributed by atoms with E-state index in [-0.39, 0.29) is 6.03 Å². The van der Waals surface area contributed by atoms with Crippen LogP contribution in [0.25, 0.3) is 0 Å². The fourth-order valence-corrected chi connectivity index (χ4v) is 2.80. The van der Waals surface area contributed by atoms with Crippen molar-refractivity contribution >= 4 is 6.03 Å². The number of urea groups is 1. The summed E-state index contributed by atoms with van der Waals surface area (Å²) >= 11 is 0. The van der Waals surface area contributed by atoms with Crippen LogP contribution in [0.3, 0.4) is 0 Å². The second-order valence-corrected chi connectivity index (χ2v) is 6.58. The zero-order valence-corrected chi connectivity index (χ0v) is 14.6. The SMILES string of the molecule is CC(CNC(=O)NCc1cccc(C#N)c1)CN1CCN(C)CC1. The third-order valence-electron chi connectivity index (χ3n) is 4.29. The predicted octanol–water partition coefficient (Wildman–Crippen LogP) is 1.24. The number of hydrogen-bond donors (Lipinski definition) is 2. The normalized spacial score (nSPS) is 17.0. The Balaban J connectivity index is 1.64. The van der Waals surface area contributed by atoms with E-state index < -0.39 is 0 Å². The topological polar surface area (TPSA) is 71.4 Å². The second-order valence-electron chi connectivity index (χ2n) is 6.58. The summed E-state index contributed by atoms with van der Waals surface area (Å²) in [5, 5.41) is 14.6. The summed E-state index contributed by atoms with van der Waals surface area (Å²) in [4.78, 5) is 16.7. The molecule has 6 nitrogen and oxygen atoms in total. The Morgan fingerprint density at radius 2 is 2.04 bits per heavy atom. The van der Waals surface area contributed by atoms with Crippen LogP contribution in [-0.4, -0.2) is 62.1 Å². The second kappa shape index (κ2) is 9.26. The average Bonchev–Trinajstić information content (AvgIpc) is 2.60. The van der Waals surface area contributed by atoms with Gasteiger partial charge in [-0.25, -0.2) is 4.79 Å². The molecule has 130 valence electrons. The lowest BCUT2D eigenvalue weighted by Crippen LogP contribution is -2.47. The number of nitrogens with one attached hydrogen (secondary N) is 2. The van der Waals surface area contributed by atoms with Crippen LogP contribution in [0.15, 0.2) is 24.3 Å². The van der Waals surface area contributed by atoms with Crippen LogP contribution in [0.4, 0.5) is 4.79 Å². The first-order valence-electron chi connectivity index (χ1n) is 8.48. The number of rotatable bonds is 6. The molecule has 1 saturated heterocycles. The molecule has 2 N–H and O–H groups in total. The molecule has 1 atom stereocenters. The van der Waals surface area contributed by atoms with E-state index in [1.165, 1.54) is 0 Å². The summed E-state index contributed by atoms with van der Waals surface area (Å²) in [6.07, 6.45) is 0. The number of benzene rings is 1. The molecule has 1 aromatic carbocycles. The third-order valence-corrected chi connectivity index (χ3v) is 4.29. The van der Waals surface area contributed by atoms with Crippen molar-refractivity contribution in [3.05, 3.63) is 35.4 Å². The Kier molecular flexibility index (Phi) is 7.04. The number of nitriles is 1. The van der Waals surface area contributed by atoms with Crippen molar-refractivity contribution in [1.29, 1.82) is 5.26 Å². The highest BCUT2D eigenvalue weighted by Crippen LogP contribution is 2.05.